The molecule has 7 heteroatoms. The molecule has 7 nitrogen and oxygen atoms in total. The monoisotopic (exact) mass is 305 g/mol. The highest BCUT2D eigenvalue weighted by Gasteiger charge is 2.31. The average molecular weight is 305 g/mol. The predicted octanol–water partition coefficient (Wildman–Crippen LogP) is 0.757. The summed E-state index contributed by atoms with van der Waals surface area (Å²) >= 11 is 0. The Morgan fingerprint density at radius 2 is 2.45 bits per heavy atom. The standard InChI is InChI=1S/C15H23N5O2/c1-2-12(19-8-3-4-14(19)21)15(22)17-13-6-9-20(18-13)11-5-7-16-10-11/h6,9,11-12,16H,2-5,7-8,10H2,1H3,(H,17,18,22)/t11-,12+/m0/s1. The number of nitrogens with zero attached hydrogens (tertiary/aromatic N) is 3. The second-order valence-corrected chi connectivity index (χ2v) is 5.93. The lowest BCUT2D eigenvalue weighted by atomic mass is 10.2. The molecule has 2 amide bonds. The van der Waals surface area contributed by atoms with Gasteiger partial charge in [0.1, 0.15) is 6.04 Å². The predicted molar refractivity (Wildman–Crippen MR) is 82.4 cm³/mol. The van der Waals surface area contributed by atoms with Gasteiger partial charge in [-0.3, -0.25) is 14.3 Å². The minimum absolute atomic E-state index is 0.0737. The lowest BCUT2D eigenvalue weighted by molar-refractivity contribution is -0.135. The number of nitrogens with one attached hydrogen (secondary N) is 2. The summed E-state index contributed by atoms with van der Waals surface area (Å²) in [6, 6.07) is 1.77. The molecule has 0 spiro atoms. The number of aromatic nitrogens is 2. The average Bonchev–Trinajstić information content (AvgIpc) is 3.21. The maximum Gasteiger partial charge on any atom is 0.248 e. The molecule has 2 atom stereocenters. The van der Waals surface area contributed by atoms with E-state index in [1.54, 1.807) is 4.90 Å². The van der Waals surface area contributed by atoms with Gasteiger partial charge in [-0.05, 0) is 25.8 Å². The molecule has 2 fully saturated rings. The number of anilines is 1. The molecular weight excluding hydrogens is 282 g/mol. The summed E-state index contributed by atoms with van der Waals surface area (Å²) in [5, 5.41) is 10.6. The summed E-state index contributed by atoms with van der Waals surface area (Å²) in [4.78, 5) is 26.0. The third-order valence-electron chi connectivity index (χ3n) is 4.44. The highest BCUT2D eigenvalue weighted by Crippen LogP contribution is 2.19. The summed E-state index contributed by atoms with van der Waals surface area (Å²) in [5.41, 5.74) is 0. The van der Waals surface area contributed by atoms with E-state index in [0.717, 1.165) is 25.9 Å². The van der Waals surface area contributed by atoms with Crippen molar-refractivity contribution in [3.8, 4) is 0 Å². The van der Waals surface area contributed by atoms with Crippen LogP contribution in [0.3, 0.4) is 0 Å². The molecule has 0 saturated carbocycles. The highest BCUT2D eigenvalue weighted by molar-refractivity contribution is 5.96. The molecule has 0 aliphatic carbocycles. The van der Waals surface area contributed by atoms with Crippen LogP contribution in [-0.4, -0.2) is 52.2 Å². The van der Waals surface area contributed by atoms with Gasteiger partial charge in [0.15, 0.2) is 5.82 Å². The normalized spacial score (nSPS) is 23.0. The molecule has 0 aromatic carbocycles. The SMILES string of the molecule is CC[C@H](C(=O)Nc1ccn([C@H]2CCNC2)n1)N1CCCC1=O. The lowest BCUT2D eigenvalue weighted by Crippen LogP contribution is -2.44. The van der Waals surface area contributed by atoms with Gasteiger partial charge in [-0.25, -0.2) is 0 Å². The summed E-state index contributed by atoms with van der Waals surface area (Å²) in [6.07, 6.45) is 4.95. The van der Waals surface area contributed by atoms with Gasteiger partial charge >= 0.3 is 0 Å². The van der Waals surface area contributed by atoms with Crippen molar-refractivity contribution in [1.29, 1.82) is 0 Å². The first kappa shape index (κ1) is 15.0. The van der Waals surface area contributed by atoms with Crippen LogP contribution in [0.25, 0.3) is 0 Å². The van der Waals surface area contributed by atoms with Crippen LogP contribution in [0, 0.1) is 0 Å². The van der Waals surface area contributed by atoms with E-state index >= 15 is 0 Å². The number of likely N-dealkylation sites (tertiary alicyclic amines) is 1. The van der Waals surface area contributed by atoms with Crippen molar-refractivity contribution < 1.29 is 9.59 Å². The number of carbonyl (C=O) groups excluding carboxylic acids is 2. The van der Waals surface area contributed by atoms with Gasteiger partial charge in [0.25, 0.3) is 0 Å². The number of amides is 2. The molecule has 120 valence electrons. The Bertz CT molecular complexity index is 550. The van der Waals surface area contributed by atoms with E-state index in [0.29, 0.717) is 31.2 Å². The van der Waals surface area contributed by atoms with E-state index in [4.69, 9.17) is 0 Å². The fourth-order valence-corrected chi connectivity index (χ4v) is 3.23. The van der Waals surface area contributed by atoms with E-state index in [1.165, 1.54) is 0 Å². The molecule has 2 aliphatic heterocycles. The molecule has 3 heterocycles. The first-order valence-corrected chi connectivity index (χ1v) is 8.05. The van der Waals surface area contributed by atoms with Crippen molar-refractivity contribution in [3.05, 3.63) is 12.3 Å². The zero-order chi connectivity index (χ0) is 15.5. The van der Waals surface area contributed by atoms with Crippen LogP contribution in [-0.2, 0) is 9.59 Å². The molecule has 2 aliphatic rings. The zero-order valence-corrected chi connectivity index (χ0v) is 12.9. The second kappa shape index (κ2) is 6.48. The topological polar surface area (TPSA) is 79.3 Å². The smallest absolute Gasteiger partial charge is 0.248 e. The van der Waals surface area contributed by atoms with Crippen LogP contribution in [0.1, 0.15) is 38.6 Å². The maximum atomic E-state index is 12.4. The number of hydrogen-bond acceptors (Lipinski definition) is 4. The van der Waals surface area contributed by atoms with Gasteiger partial charge in [-0.15, -0.1) is 0 Å². The van der Waals surface area contributed by atoms with E-state index in [1.807, 2.05) is 23.9 Å². The van der Waals surface area contributed by atoms with E-state index in [2.05, 4.69) is 15.7 Å². The first-order chi connectivity index (χ1) is 10.7. The Hall–Kier alpha value is -1.89. The van der Waals surface area contributed by atoms with Gasteiger partial charge in [0.2, 0.25) is 11.8 Å². The van der Waals surface area contributed by atoms with Gasteiger partial charge in [-0.1, -0.05) is 6.92 Å². The van der Waals surface area contributed by atoms with E-state index in [9.17, 15) is 9.59 Å². The van der Waals surface area contributed by atoms with Gasteiger partial charge in [-0.2, -0.15) is 5.10 Å². The van der Waals surface area contributed by atoms with Crippen LogP contribution in [0.15, 0.2) is 12.3 Å². The van der Waals surface area contributed by atoms with Crippen molar-refractivity contribution in [1.82, 2.24) is 20.0 Å². The molecule has 1 aromatic heterocycles. The molecule has 0 bridgehead atoms. The third-order valence-corrected chi connectivity index (χ3v) is 4.44. The van der Waals surface area contributed by atoms with Crippen LogP contribution < -0.4 is 10.6 Å². The quantitative estimate of drug-likeness (QED) is 0.841. The lowest BCUT2D eigenvalue weighted by Gasteiger charge is -2.25. The second-order valence-electron chi connectivity index (χ2n) is 5.93. The summed E-state index contributed by atoms with van der Waals surface area (Å²) < 4.78 is 1.90. The number of carbonyl (C=O) groups is 2. The number of hydrogen-bond donors (Lipinski definition) is 2. The van der Waals surface area contributed by atoms with Crippen molar-refractivity contribution >= 4 is 17.6 Å². The summed E-state index contributed by atoms with van der Waals surface area (Å²) in [7, 11) is 0. The zero-order valence-electron chi connectivity index (χ0n) is 12.9. The minimum atomic E-state index is -0.395. The van der Waals surface area contributed by atoms with Crippen molar-refractivity contribution in [2.75, 3.05) is 25.0 Å². The fraction of sp³-hybridized carbons (Fsp3) is 0.667. The van der Waals surface area contributed by atoms with Crippen molar-refractivity contribution in [2.24, 2.45) is 0 Å². The van der Waals surface area contributed by atoms with Crippen LogP contribution in [0.4, 0.5) is 5.82 Å². The van der Waals surface area contributed by atoms with E-state index < -0.39 is 6.04 Å². The van der Waals surface area contributed by atoms with Gasteiger partial charge < -0.3 is 15.5 Å². The van der Waals surface area contributed by atoms with Crippen LogP contribution >= 0.6 is 0 Å². The largest absolute Gasteiger partial charge is 0.331 e. The first-order valence-electron chi connectivity index (χ1n) is 8.05. The summed E-state index contributed by atoms with van der Waals surface area (Å²) in [6.45, 7) is 4.52. The van der Waals surface area contributed by atoms with E-state index in [-0.39, 0.29) is 11.8 Å². The maximum absolute atomic E-state index is 12.4. The molecule has 1 aromatic rings. The summed E-state index contributed by atoms with van der Waals surface area (Å²) in [5.74, 6) is 0.485. The van der Waals surface area contributed by atoms with Crippen molar-refractivity contribution in [3.63, 3.8) is 0 Å². The van der Waals surface area contributed by atoms with Crippen LogP contribution in [0.5, 0.6) is 0 Å². The molecule has 2 saturated heterocycles. The minimum Gasteiger partial charge on any atom is -0.331 e. The van der Waals surface area contributed by atoms with Crippen LogP contribution in [0.2, 0.25) is 0 Å². The third kappa shape index (κ3) is 2.99. The molecule has 0 unspecified atom stereocenters. The Morgan fingerprint density at radius 3 is 3.09 bits per heavy atom. The van der Waals surface area contributed by atoms with Gasteiger partial charge in [0, 0.05) is 31.8 Å². The molecule has 22 heavy (non-hydrogen) atoms. The Labute approximate surface area is 130 Å². The Kier molecular flexibility index (Phi) is 4.42. The Balaban J connectivity index is 1.63. The molecule has 2 N–H and O–H groups in total. The fourth-order valence-electron chi connectivity index (χ4n) is 3.23. The van der Waals surface area contributed by atoms with Gasteiger partial charge in [0.05, 0.1) is 6.04 Å². The Morgan fingerprint density at radius 1 is 1.59 bits per heavy atom. The molecule has 0 radical (unpaired) electrons. The number of rotatable bonds is 5. The highest BCUT2D eigenvalue weighted by atomic mass is 16.2. The molecule has 3 rings (SSSR count). The van der Waals surface area contributed by atoms with Crippen molar-refractivity contribution in [2.45, 2.75) is 44.7 Å². The molecular formula is C15H23N5O2.